The van der Waals surface area contributed by atoms with Crippen molar-refractivity contribution in [2.24, 2.45) is 5.73 Å². The first kappa shape index (κ1) is 20.7. The second-order valence-electron chi connectivity index (χ2n) is 7.18. The maximum Gasteiger partial charge on any atom is 0.223 e. The Bertz CT molecular complexity index is 759. The minimum atomic E-state index is -0.361. The predicted molar refractivity (Wildman–Crippen MR) is 110 cm³/mol. The summed E-state index contributed by atoms with van der Waals surface area (Å²) >= 11 is 6.17. The maximum atomic E-state index is 6.76. The fourth-order valence-electron chi connectivity index (χ4n) is 3.48. The van der Waals surface area contributed by atoms with Gasteiger partial charge in [-0.2, -0.15) is 0 Å². The third-order valence-corrected chi connectivity index (χ3v) is 5.35. The molecule has 0 aliphatic carbocycles. The van der Waals surface area contributed by atoms with Crippen molar-refractivity contribution in [3.05, 3.63) is 51.2 Å². The van der Waals surface area contributed by atoms with Gasteiger partial charge in [0.25, 0.3) is 0 Å². The molecular weight excluding hydrogens is 344 g/mol. The summed E-state index contributed by atoms with van der Waals surface area (Å²) in [6, 6.07) is 5.98. The molecule has 0 aliphatic heterocycles. The lowest BCUT2D eigenvalue weighted by Crippen LogP contribution is -2.36. The molecule has 0 unspecified atom stereocenters. The van der Waals surface area contributed by atoms with Gasteiger partial charge in [-0.25, -0.2) is 4.98 Å². The molecule has 1 aromatic heterocycles. The molecule has 0 aliphatic rings. The van der Waals surface area contributed by atoms with Crippen LogP contribution in [0.4, 0.5) is 0 Å². The van der Waals surface area contributed by atoms with Crippen molar-refractivity contribution in [1.29, 1.82) is 0 Å². The van der Waals surface area contributed by atoms with E-state index >= 15 is 0 Å². The number of benzene rings is 1. The van der Waals surface area contributed by atoms with Crippen molar-refractivity contribution in [2.45, 2.75) is 72.8 Å². The van der Waals surface area contributed by atoms with Crippen LogP contribution in [-0.4, -0.2) is 4.98 Å². The van der Waals surface area contributed by atoms with E-state index in [0.717, 1.165) is 64.4 Å². The molecule has 0 fully saturated rings. The third-order valence-electron chi connectivity index (χ3n) is 5.14. The summed E-state index contributed by atoms with van der Waals surface area (Å²) in [5.41, 5.74) is 11.6. The van der Waals surface area contributed by atoms with Crippen LogP contribution in [0, 0.1) is 20.8 Å². The van der Waals surface area contributed by atoms with Gasteiger partial charge in [0.15, 0.2) is 0 Å². The lowest BCUT2D eigenvalue weighted by molar-refractivity contribution is 0.397. The summed E-state index contributed by atoms with van der Waals surface area (Å²) in [5, 5.41) is 0.719. The van der Waals surface area contributed by atoms with Gasteiger partial charge in [0, 0.05) is 21.8 Å². The highest BCUT2D eigenvalue weighted by Crippen LogP contribution is 2.38. The van der Waals surface area contributed by atoms with E-state index < -0.39 is 0 Å². The molecule has 2 N–H and O–H groups in total. The minimum Gasteiger partial charge on any atom is -0.438 e. The Morgan fingerprint density at radius 3 is 2.12 bits per heavy atom. The number of halogens is 1. The summed E-state index contributed by atoms with van der Waals surface area (Å²) in [4.78, 5) is 4.72. The van der Waals surface area contributed by atoms with Crippen molar-refractivity contribution in [3.63, 3.8) is 0 Å². The minimum absolute atomic E-state index is 0.361. The van der Waals surface area contributed by atoms with E-state index in [2.05, 4.69) is 26.8 Å². The fourth-order valence-corrected chi connectivity index (χ4v) is 3.80. The van der Waals surface area contributed by atoms with E-state index in [-0.39, 0.29) is 5.54 Å². The van der Waals surface area contributed by atoms with Gasteiger partial charge in [-0.05, 0) is 74.9 Å². The lowest BCUT2D eigenvalue weighted by Gasteiger charge is -2.31. The zero-order valence-electron chi connectivity index (χ0n) is 16.9. The van der Waals surface area contributed by atoms with E-state index in [9.17, 15) is 0 Å². The highest BCUT2D eigenvalue weighted by molar-refractivity contribution is 6.30. The number of rotatable bonds is 7. The molecule has 2 aromatic rings. The average molecular weight is 375 g/mol. The number of hydrogen-bond acceptors (Lipinski definition) is 3. The Morgan fingerprint density at radius 1 is 1.04 bits per heavy atom. The van der Waals surface area contributed by atoms with Crippen LogP contribution in [0.5, 0.6) is 11.6 Å². The van der Waals surface area contributed by atoms with Crippen molar-refractivity contribution in [2.75, 3.05) is 0 Å². The number of hydrogen-bond donors (Lipinski definition) is 1. The SMILES string of the molecule is CCCc1c(C(N)(CC)CC)cc(C)nc1Oc1c(C)cc(Cl)cc1C. The Balaban J connectivity index is 2.64. The summed E-state index contributed by atoms with van der Waals surface area (Å²) < 4.78 is 6.36. The summed E-state index contributed by atoms with van der Waals surface area (Å²) in [5.74, 6) is 1.50. The second kappa shape index (κ2) is 8.41. The number of nitrogens with zero attached hydrogens (tertiary/aromatic N) is 1. The van der Waals surface area contributed by atoms with Crippen molar-refractivity contribution < 1.29 is 4.74 Å². The molecule has 1 heterocycles. The Morgan fingerprint density at radius 2 is 1.62 bits per heavy atom. The molecule has 4 heteroatoms. The number of aromatic nitrogens is 1. The normalized spacial score (nSPS) is 11.7. The molecule has 0 bridgehead atoms. The van der Waals surface area contributed by atoms with Gasteiger partial charge < -0.3 is 10.5 Å². The Kier molecular flexibility index (Phi) is 6.70. The third kappa shape index (κ3) is 4.21. The first-order valence-corrected chi connectivity index (χ1v) is 9.88. The van der Waals surface area contributed by atoms with E-state index in [1.54, 1.807) is 0 Å². The molecular formula is C22H31ClN2O. The molecule has 3 nitrogen and oxygen atoms in total. The molecule has 0 radical (unpaired) electrons. The van der Waals surface area contributed by atoms with Gasteiger partial charge in [0.1, 0.15) is 5.75 Å². The molecule has 26 heavy (non-hydrogen) atoms. The van der Waals surface area contributed by atoms with Crippen molar-refractivity contribution in [3.8, 4) is 11.6 Å². The second-order valence-corrected chi connectivity index (χ2v) is 7.62. The van der Waals surface area contributed by atoms with Crippen LogP contribution in [0.2, 0.25) is 5.02 Å². The van der Waals surface area contributed by atoms with Crippen molar-refractivity contribution in [1.82, 2.24) is 4.98 Å². The van der Waals surface area contributed by atoms with E-state index in [0.29, 0.717) is 5.88 Å². The maximum absolute atomic E-state index is 6.76. The zero-order chi connectivity index (χ0) is 19.5. The standard InChI is InChI=1S/C22H31ClN2O/c1-7-10-18-19(22(24,8-2)9-3)13-16(6)25-21(18)26-20-14(4)11-17(23)12-15(20)5/h11-13H,7-10,24H2,1-6H3. The number of aryl methyl sites for hydroxylation is 3. The van der Waals surface area contributed by atoms with Crippen LogP contribution < -0.4 is 10.5 Å². The molecule has 0 atom stereocenters. The van der Waals surface area contributed by atoms with Crippen LogP contribution in [0.3, 0.4) is 0 Å². The molecule has 2 rings (SSSR count). The highest BCUT2D eigenvalue weighted by atomic mass is 35.5. The molecule has 0 amide bonds. The van der Waals surface area contributed by atoms with Gasteiger partial charge in [-0.3, -0.25) is 0 Å². The number of pyridine rings is 1. The smallest absolute Gasteiger partial charge is 0.223 e. The monoisotopic (exact) mass is 374 g/mol. The van der Waals surface area contributed by atoms with Gasteiger partial charge in [0.05, 0.1) is 0 Å². The number of nitrogens with two attached hydrogens (primary N) is 1. The summed E-state index contributed by atoms with van der Waals surface area (Å²) in [6.45, 7) is 12.5. The van der Waals surface area contributed by atoms with Crippen LogP contribution >= 0.6 is 11.6 Å². The molecule has 1 aromatic carbocycles. The van der Waals surface area contributed by atoms with E-state index in [4.69, 9.17) is 27.1 Å². The first-order chi connectivity index (χ1) is 12.3. The largest absolute Gasteiger partial charge is 0.438 e. The summed E-state index contributed by atoms with van der Waals surface area (Å²) in [6.07, 6.45) is 3.66. The predicted octanol–water partition coefficient (Wildman–Crippen LogP) is 6.38. The van der Waals surface area contributed by atoms with Crippen LogP contribution in [0.1, 0.15) is 68.0 Å². The van der Waals surface area contributed by atoms with E-state index in [1.165, 1.54) is 0 Å². The highest BCUT2D eigenvalue weighted by Gasteiger charge is 2.29. The van der Waals surface area contributed by atoms with Crippen molar-refractivity contribution >= 4 is 11.6 Å². The molecule has 0 spiro atoms. The Hall–Kier alpha value is -1.58. The van der Waals surface area contributed by atoms with E-state index in [1.807, 2.05) is 32.9 Å². The summed E-state index contributed by atoms with van der Waals surface area (Å²) in [7, 11) is 0. The molecule has 0 saturated heterocycles. The van der Waals surface area contributed by atoms with Gasteiger partial charge in [-0.15, -0.1) is 0 Å². The quantitative estimate of drug-likeness (QED) is 0.611. The van der Waals surface area contributed by atoms with Crippen LogP contribution in [0.15, 0.2) is 18.2 Å². The lowest BCUT2D eigenvalue weighted by atomic mass is 9.82. The topological polar surface area (TPSA) is 48.1 Å². The van der Waals surface area contributed by atoms with Gasteiger partial charge >= 0.3 is 0 Å². The fraction of sp³-hybridized carbons (Fsp3) is 0.500. The van der Waals surface area contributed by atoms with Gasteiger partial charge in [0.2, 0.25) is 5.88 Å². The average Bonchev–Trinajstić information content (AvgIpc) is 2.59. The zero-order valence-corrected chi connectivity index (χ0v) is 17.6. The Labute approximate surface area is 162 Å². The molecule has 142 valence electrons. The van der Waals surface area contributed by atoms with Crippen LogP contribution in [-0.2, 0) is 12.0 Å². The molecule has 0 saturated carbocycles. The van der Waals surface area contributed by atoms with Gasteiger partial charge in [-0.1, -0.05) is 38.8 Å². The number of ether oxygens (including phenoxy) is 1. The van der Waals surface area contributed by atoms with Crippen LogP contribution in [0.25, 0.3) is 0 Å². The first-order valence-electron chi connectivity index (χ1n) is 9.50.